The van der Waals surface area contributed by atoms with Crippen LogP contribution in [0, 0.1) is 0 Å². The summed E-state index contributed by atoms with van der Waals surface area (Å²) in [7, 11) is 1.94. The summed E-state index contributed by atoms with van der Waals surface area (Å²) < 4.78 is 0. The Kier molecular flexibility index (Phi) is 12.1. The maximum atomic E-state index is 12.3. The maximum absolute atomic E-state index is 12.3. The Morgan fingerprint density at radius 2 is 1.73 bits per heavy atom. The summed E-state index contributed by atoms with van der Waals surface area (Å²) in [6.45, 7) is 13.4. The third kappa shape index (κ3) is 8.88. The first kappa shape index (κ1) is 22.7. The Morgan fingerprint density at radius 1 is 1.04 bits per heavy atom. The summed E-state index contributed by atoms with van der Waals surface area (Å²) in [6.07, 6.45) is 7.75. The molecule has 0 aliphatic carbocycles. The van der Waals surface area contributed by atoms with Gasteiger partial charge in [-0.05, 0) is 66.1 Å². The first-order chi connectivity index (χ1) is 12.6. The molecule has 1 heterocycles. The second kappa shape index (κ2) is 13.8. The van der Waals surface area contributed by atoms with Crippen LogP contribution in [0.4, 0.5) is 0 Å². The fourth-order valence-electron chi connectivity index (χ4n) is 3.42. The highest BCUT2D eigenvalue weighted by atomic mass is 16.2. The van der Waals surface area contributed by atoms with Gasteiger partial charge in [-0.2, -0.15) is 0 Å². The van der Waals surface area contributed by atoms with Gasteiger partial charge in [0.2, 0.25) is 5.91 Å². The number of amides is 1. The molecule has 0 aromatic carbocycles. The molecule has 0 unspecified atom stereocenters. The summed E-state index contributed by atoms with van der Waals surface area (Å²) >= 11 is 0. The molecule has 6 nitrogen and oxygen atoms in total. The van der Waals surface area contributed by atoms with Gasteiger partial charge in [-0.15, -0.1) is 0 Å². The molecule has 0 aromatic heterocycles. The number of likely N-dealkylation sites (N-methyl/N-ethyl adjacent to an activating group) is 2. The summed E-state index contributed by atoms with van der Waals surface area (Å²) in [5, 5.41) is 3.30. The summed E-state index contributed by atoms with van der Waals surface area (Å²) in [4.78, 5) is 23.4. The molecule has 1 aliphatic rings. The van der Waals surface area contributed by atoms with Crippen LogP contribution in [0.5, 0.6) is 0 Å². The monoisotopic (exact) mass is 367 g/mol. The molecule has 1 amide bonds. The molecule has 1 saturated heterocycles. The number of hydrogen-bond donors (Lipinski definition) is 1. The van der Waals surface area contributed by atoms with Crippen molar-refractivity contribution in [3.8, 4) is 0 Å². The Labute approximate surface area is 161 Å². The van der Waals surface area contributed by atoms with Crippen LogP contribution in [0.15, 0.2) is 4.99 Å². The number of nitrogens with one attached hydrogen (secondary N) is 1. The second-order valence-corrected chi connectivity index (χ2v) is 7.12. The van der Waals surface area contributed by atoms with Crippen molar-refractivity contribution >= 4 is 11.9 Å². The Bertz CT molecular complexity index is 403. The summed E-state index contributed by atoms with van der Waals surface area (Å²) in [5.41, 5.74) is 0. The van der Waals surface area contributed by atoms with Crippen LogP contribution in [0.1, 0.15) is 59.3 Å². The van der Waals surface area contributed by atoms with Gasteiger partial charge in [0.25, 0.3) is 0 Å². The fourth-order valence-corrected chi connectivity index (χ4v) is 3.42. The quantitative estimate of drug-likeness (QED) is 0.346. The van der Waals surface area contributed by atoms with Crippen LogP contribution >= 0.6 is 0 Å². The highest BCUT2D eigenvalue weighted by Crippen LogP contribution is 2.10. The van der Waals surface area contributed by atoms with E-state index in [9.17, 15) is 4.79 Å². The van der Waals surface area contributed by atoms with Gasteiger partial charge in [-0.1, -0.05) is 12.8 Å². The number of aliphatic imine (C=N–C) groups is 1. The molecular weight excluding hydrogens is 326 g/mol. The van der Waals surface area contributed by atoms with Crippen LogP contribution in [0.2, 0.25) is 0 Å². The molecule has 1 fully saturated rings. The molecule has 0 radical (unpaired) electrons. The van der Waals surface area contributed by atoms with E-state index in [1.807, 2.05) is 30.7 Å². The largest absolute Gasteiger partial charge is 0.357 e. The number of nitrogens with zero attached hydrogens (tertiary/aromatic N) is 4. The van der Waals surface area contributed by atoms with Crippen molar-refractivity contribution in [2.24, 2.45) is 4.99 Å². The molecule has 1 N–H and O–H groups in total. The van der Waals surface area contributed by atoms with Crippen LogP contribution in [0.3, 0.4) is 0 Å². The Morgan fingerprint density at radius 3 is 2.35 bits per heavy atom. The van der Waals surface area contributed by atoms with Crippen LogP contribution in [-0.4, -0.2) is 86.0 Å². The molecule has 0 bridgehead atoms. The zero-order valence-corrected chi connectivity index (χ0v) is 17.6. The van der Waals surface area contributed by atoms with Crippen molar-refractivity contribution in [3.05, 3.63) is 0 Å². The average molecular weight is 368 g/mol. The fraction of sp³-hybridized carbons (Fsp3) is 0.900. The second-order valence-electron chi connectivity index (χ2n) is 7.12. The molecule has 26 heavy (non-hydrogen) atoms. The minimum atomic E-state index is 0.157. The van der Waals surface area contributed by atoms with Crippen molar-refractivity contribution in [3.63, 3.8) is 0 Å². The lowest BCUT2D eigenvalue weighted by atomic mass is 10.1. The number of hydrogen-bond acceptors (Lipinski definition) is 3. The molecule has 0 atom stereocenters. The lowest BCUT2D eigenvalue weighted by Crippen LogP contribution is -2.45. The lowest BCUT2D eigenvalue weighted by molar-refractivity contribution is -0.131. The molecule has 0 saturated carbocycles. The standard InChI is InChI=1S/C20H41N5O/c1-5-21-20(23(4)18-19(26)25(6-2)7-3)22-14-10-8-11-15-24-16-12-9-13-17-24/h5-18H2,1-4H3,(H,21,22). The van der Waals surface area contributed by atoms with Crippen molar-refractivity contribution in [2.75, 3.05) is 59.4 Å². The normalized spacial score (nSPS) is 15.8. The van der Waals surface area contributed by atoms with Crippen LogP contribution in [0.25, 0.3) is 0 Å². The molecule has 1 aliphatic heterocycles. The van der Waals surface area contributed by atoms with Crippen molar-refractivity contribution in [2.45, 2.75) is 59.3 Å². The predicted octanol–water partition coefficient (Wildman–Crippen LogP) is 2.41. The number of rotatable bonds is 11. The number of likely N-dealkylation sites (tertiary alicyclic amines) is 1. The third-order valence-corrected chi connectivity index (χ3v) is 5.03. The molecule has 0 spiro atoms. The van der Waals surface area contributed by atoms with Gasteiger partial charge in [0.05, 0.1) is 6.54 Å². The van der Waals surface area contributed by atoms with Crippen molar-refractivity contribution < 1.29 is 4.79 Å². The van der Waals surface area contributed by atoms with Crippen LogP contribution in [-0.2, 0) is 4.79 Å². The smallest absolute Gasteiger partial charge is 0.242 e. The van der Waals surface area contributed by atoms with Gasteiger partial charge in [0.1, 0.15) is 0 Å². The highest BCUT2D eigenvalue weighted by Gasteiger charge is 2.15. The van der Waals surface area contributed by atoms with Gasteiger partial charge >= 0.3 is 0 Å². The van der Waals surface area contributed by atoms with E-state index < -0.39 is 0 Å². The zero-order chi connectivity index (χ0) is 19.2. The van der Waals surface area contributed by atoms with E-state index in [4.69, 9.17) is 4.99 Å². The van der Waals surface area contributed by atoms with Crippen molar-refractivity contribution in [1.82, 2.24) is 20.0 Å². The highest BCUT2D eigenvalue weighted by molar-refractivity contribution is 5.86. The molecule has 152 valence electrons. The lowest BCUT2D eigenvalue weighted by Gasteiger charge is -2.26. The number of piperidine rings is 1. The topological polar surface area (TPSA) is 51.2 Å². The number of carbonyl (C=O) groups excluding carboxylic acids is 1. The molecule has 1 rings (SSSR count). The Hall–Kier alpha value is -1.30. The average Bonchev–Trinajstić information content (AvgIpc) is 2.65. The molecule has 0 aromatic rings. The minimum Gasteiger partial charge on any atom is -0.357 e. The van der Waals surface area contributed by atoms with Gasteiger partial charge in [-0.25, -0.2) is 0 Å². The summed E-state index contributed by atoms with van der Waals surface area (Å²) in [5.74, 6) is 0.994. The van der Waals surface area contributed by atoms with Gasteiger partial charge in [-0.3, -0.25) is 9.79 Å². The van der Waals surface area contributed by atoms with Crippen molar-refractivity contribution in [1.29, 1.82) is 0 Å². The molecule has 6 heteroatoms. The SMILES string of the molecule is CCNC(=NCCCCCN1CCCCC1)N(C)CC(=O)N(CC)CC. The van der Waals surface area contributed by atoms with Gasteiger partial charge in [0, 0.05) is 33.2 Å². The van der Waals surface area contributed by atoms with E-state index in [1.54, 1.807) is 0 Å². The third-order valence-electron chi connectivity index (χ3n) is 5.03. The van der Waals surface area contributed by atoms with E-state index >= 15 is 0 Å². The first-order valence-electron chi connectivity index (χ1n) is 10.6. The number of guanidine groups is 1. The minimum absolute atomic E-state index is 0.157. The number of unbranched alkanes of at least 4 members (excludes halogenated alkanes) is 2. The van der Waals surface area contributed by atoms with E-state index in [1.165, 1.54) is 51.7 Å². The van der Waals surface area contributed by atoms with E-state index in [-0.39, 0.29) is 5.91 Å². The van der Waals surface area contributed by atoms with E-state index in [2.05, 4.69) is 17.1 Å². The summed E-state index contributed by atoms with van der Waals surface area (Å²) in [6, 6.07) is 0. The van der Waals surface area contributed by atoms with Gasteiger partial charge < -0.3 is 20.0 Å². The van der Waals surface area contributed by atoms with E-state index in [0.717, 1.165) is 38.6 Å². The maximum Gasteiger partial charge on any atom is 0.242 e. The van der Waals surface area contributed by atoms with Gasteiger partial charge in [0.15, 0.2) is 5.96 Å². The van der Waals surface area contributed by atoms with Crippen LogP contribution < -0.4 is 5.32 Å². The van der Waals surface area contributed by atoms with E-state index in [0.29, 0.717) is 6.54 Å². The zero-order valence-electron chi connectivity index (χ0n) is 17.6. The first-order valence-corrected chi connectivity index (χ1v) is 10.6. The Balaban J connectivity index is 2.31. The molecular formula is C20H41N5O. The predicted molar refractivity (Wildman–Crippen MR) is 111 cm³/mol. The number of carbonyl (C=O) groups is 1.